The number of hydrogen-bond donors (Lipinski definition) is 2. The highest BCUT2D eigenvalue weighted by Crippen LogP contribution is 2.15. The van der Waals surface area contributed by atoms with Crippen molar-refractivity contribution < 1.29 is 4.74 Å². The summed E-state index contributed by atoms with van der Waals surface area (Å²) in [6.07, 6.45) is 3.61. The Labute approximate surface area is 81.6 Å². The maximum Gasteiger partial charge on any atom is 0.0925 e. The molecule has 13 heavy (non-hydrogen) atoms. The van der Waals surface area contributed by atoms with Gasteiger partial charge >= 0.3 is 0 Å². The van der Waals surface area contributed by atoms with E-state index >= 15 is 0 Å². The van der Waals surface area contributed by atoms with E-state index in [1.807, 2.05) is 0 Å². The van der Waals surface area contributed by atoms with E-state index in [2.05, 4.69) is 14.2 Å². The fraction of sp³-hybridized carbons (Fsp3) is 0.714. The first-order chi connectivity index (χ1) is 6.38. The summed E-state index contributed by atoms with van der Waals surface area (Å²) in [5.74, 6) is 5.39. The van der Waals surface area contributed by atoms with Crippen LogP contribution in [0.2, 0.25) is 0 Å². The second-order valence-electron chi connectivity index (χ2n) is 2.69. The van der Waals surface area contributed by atoms with Gasteiger partial charge in [0.2, 0.25) is 0 Å². The van der Waals surface area contributed by atoms with E-state index in [9.17, 15) is 0 Å². The van der Waals surface area contributed by atoms with Crippen LogP contribution in [-0.2, 0) is 4.74 Å². The summed E-state index contributed by atoms with van der Waals surface area (Å²) in [5.41, 5.74) is 3.62. The van der Waals surface area contributed by atoms with Gasteiger partial charge in [-0.2, -0.15) is 8.75 Å². The van der Waals surface area contributed by atoms with Crippen molar-refractivity contribution in [2.75, 3.05) is 13.7 Å². The Hall–Kier alpha value is -0.560. The predicted octanol–water partition coefficient (Wildman–Crippen LogP) is 0.469. The molecular formula is C7H14N4OS. The summed E-state index contributed by atoms with van der Waals surface area (Å²) in [4.78, 5) is 0. The van der Waals surface area contributed by atoms with Gasteiger partial charge in [0.15, 0.2) is 0 Å². The lowest BCUT2D eigenvalue weighted by atomic mass is 10.1. The van der Waals surface area contributed by atoms with Gasteiger partial charge in [-0.3, -0.25) is 11.3 Å². The number of nitrogens with zero attached hydrogens (tertiary/aromatic N) is 2. The van der Waals surface area contributed by atoms with Crippen molar-refractivity contribution in [3.63, 3.8) is 0 Å². The van der Waals surface area contributed by atoms with Crippen LogP contribution in [0.4, 0.5) is 0 Å². The SMILES string of the molecule is COCCCC(NN)c1cnsn1. The molecule has 1 heterocycles. The van der Waals surface area contributed by atoms with Gasteiger partial charge < -0.3 is 4.74 Å². The number of rotatable bonds is 6. The number of hydrogen-bond acceptors (Lipinski definition) is 6. The first kappa shape index (κ1) is 10.5. The van der Waals surface area contributed by atoms with Gasteiger partial charge in [0.05, 0.1) is 29.7 Å². The molecule has 0 amide bonds. The molecule has 74 valence electrons. The number of nitrogens with two attached hydrogens (primary N) is 1. The second kappa shape index (κ2) is 5.98. The van der Waals surface area contributed by atoms with Crippen molar-refractivity contribution in [3.8, 4) is 0 Å². The number of ether oxygens (including phenoxy) is 1. The van der Waals surface area contributed by atoms with Crippen LogP contribution in [0.1, 0.15) is 24.6 Å². The monoisotopic (exact) mass is 202 g/mol. The van der Waals surface area contributed by atoms with Gasteiger partial charge in [-0.25, -0.2) is 0 Å². The molecule has 0 radical (unpaired) electrons. The molecular weight excluding hydrogens is 188 g/mol. The van der Waals surface area contributed by atoms with Gasteiger partial charge in [-0.1, -0.05) is 0 Å². The lowest BCUT2D eigenvalue weighted by Crippen LogP contribution is -2.28. The smallest absolute Gasteiger partial charge is 0.0925 e. The van der Waals surface area contributed by atoms with Crippen molar-refractivity contribution in [2.45, 2.75) is 18.9 Å². The Morgan fingerprint density at radius 1 is 1.77 bits per heavy atom. The molecule has 0 saturated heterocycles. The summed E-state index contributed by atoms with van der Waals surface area (Å²) in [6.45, 7) is 0.746. The third kappa shape index (κ3) is 3.35. The quantitative estimate of drug-likeness (QED) is 0.398. The van der Waals surface area contributed by atoms with Crippen LogP contribution in [0.15, 0.2) is 6.20 Å². The highest BCUT2D eigenvalue weighted by atomic mass is 32.1. The molecule has 5 nitrogen and oxygen atoms in total. The Morgan fingerprint density at radius 2 is 2.62 bits per heavy atom. The maximum absolute atomic E-state index is 5.39. The summed E-state index contributed by atoms with van der Waals surface area (Å²) in [7, 11) is 1.69. The highest BCUT2D eigenvalue weighted by molar-refractivity contribution is 6.99. The summed E-state index contributed by atoms with van der Waals surface area (Å²) in [5, 5.41) is 0. The molecule has 0 saturated carbocycles. The highest BCUT2D eigenvalue weighted by Gasteiger charge is 2.11. The van der Waals surface area contributed by atoms with Crippen LogP contribution < -0.4 is 11.3 Å². The molecule has 0 aliphatic carbocycles. The van der Waals surface area contributed by atoms with Crippen LogP contribution in [0.3, 0.4) is 0 Å². The van der Waals surface area contributed by atoms with Gasteiger partial charge in [0, 0.05) is 13.7 Å². The first-order valence-electron chi connectivity index (χ1n) is 4.11. The van der Waals surface area contributed by atoms with E-state index in [1.54, 1.807) is 13.3 Å². The van der Waals surface area contributed by atoms with Gasteiger partial charge in [-0.05, 0) is 12.8 Å². The summed E-state index contributed by atoms with van der Waals surface area (Å²) < 4.78 is 13.0. The summed E-state index contributed by atoms with van der Waals surface area (Å²) in [6, 6.07) is 0.0916. The maximum atomic E-state index is 5.39. The zero-order chi connectivity index (χ0) is 9.52. The van der Waals surface area contributed by atoms with Crippen molar-refractivity contribution in [1.82, 2.24) is 14.2 Å². The molecule has 1 unspecified atom stereocenters. The second-order valence-corrected chi connectivity index (χ2v) is 3.24. The average Bonchev–Trinajstić information content (AvgIpc) is 2.65. The molecule has 1 aromatic rings. The van der Waals surface area contributed by atoms with Crippen molar-refractivity contribution in [3.05, 3.63) is 11.9 Å². The number of methoxy groups -OCH3 is 1. The Bertz CT molecular complexity index is 216. The fourth-order valence-corrected chi connectivity index (χ4v) is 1.54. The normalized spacial score (nSPS) is 13.1. The van der Waals surface area contributed by atoms with Gasteiger partial charge in [0.1, 0.15) is 0 Å². The number of hydrazine groups is 1. The lowest BCUT2D eigenvalue weighted by molar-refractivity contribution is 0.188. The molecule has 0 aromatic carbocycles. The Balaban J connectivity index is 2.35. The third-order valence-corrected chi connectivity index (χ3v) is 2.27. The van der Waals surface area contributed by atoms with Gasteiger partial charge in [0.25, 0.3) is 0 Å². The molecule has 1 rings (SSSR count). The average molecular weight is 202 g/mol. The molecule has 0 spiro atoms. The molecule has 0 fully saturated rings. The number of aromatic nitrogens is 2. The topological polar surface area (TPSA) is 73.1 Å². The Kier molecular flexibility index (Phi) is 4.84. The minimum Gasteiger partial charge on any atom is -0.385 e. The molecule has 0 aliphatic heterocycles. The third-order valence-electron chi connectivity index (χ3n) is 1.78. The van der Waals surface area contributed by atoms with Crippen LogP contribution in [0, 0.1) is 0 Å². The van der Waals surface area contributed by atoms with Crippen LogP contribution in [0.5, 0.6) is 0 Å². The molecule has 3 N–H and O–H groups in total. The van der Waals surface area contributed by atoms with E-state index in [-0.39, 0.29) is 6.04 Å². The van der Waals surface area contributed by atoms with E-state index in [0.29, 0.717) is 0 Å². The fourth-order valence-electron chi connectivity index (χ4n) is 1.07. The lowest BCUT2D eigenvalue weighted by Gasteiger charge is -2.11. The largest absolute Gasteiger partial charge is 0.385 e. The van der Waals surface area contributed by atoms with Crippen LogP contribution >= 0.6 is 11.7 Å². The predicted molar refractivity (Wildman–Crippen MR) is 51.1 cm³/mol. The van der Waals surface area contributed by atoms with Gasteiger partial charge in [-0.15, -0.1) is 0 Å². The molecule has 1 atom stereocenters. The van der Waals surface area contributed by atoms with Crippen molar-refractivity contribution in [1.29, 1.82) is 0 Å². The number of nitrogens with one attached hydrogen (secondary N) is 1. The molecule has 0 aliphatic rings. The molecule has 1 aromatic heterocycles. The van der Waals surface area contributed by atoms with Crippen LogP contribution in [-0.4, -0.2) is 22.5 Å². The van der Waals surface area contributed by atoms with Crippen LogP contribution in [0.25, 0.3) is 0 Å². The zero-order valence-electron chi connectivity index (χ0n) is 7.56. The minimum atomic E-state index is 0.0916. The standard InChI is InChI=1S/C7H14N4OS/c1-12-4-2-3-6(10-8)7-5-9-13-11-7/h5-6,10H,2-4,8H2,1H3. The van der Waals surface area contributed by atoms with E-state index in [1.165, 1.54) is 11.7 Å². The van der Waals surface area contributed by atoms with Crippen molar-refractivity contribution in [2.24, 2.45) is 5.84 Å². The molecule has 6 heteroatoms. The minimum absolute atomic E-state index is 0.0916. The van der Waals surface area contributed by atoms with Crippen molar-refractivity contribution >= 4 is 11.7 Å². The molecule has 0 bridgehead atoms. The Morgan fingerprint density at radius 3 is 3.15 bits per heavy atom. The van der Waals surface area contributed by atoms with E-state index in [4.69, 9.17) is 10.6 Å². The summed E-state index contributed by atoms with van der Waals surface area (Å²) >= 11 is 1.20. The first-order valence-corrected chi connectivity index (χ1v) is 4.84. The van der Waals surface area contributed by atoms with E-state index in [0.717, 1.165) is 25.1 Å². The zero-order valence-corrected chi connectivity index (χ0v) is 8.38. The van der Waals surface area contributed by atoms with E-state index < -0.39 is 0 Å².